The van der Waals surface area contributed by atoms with Crippen molar-refractivity contribution in [3.8, 4) is 22.8 Å². The molecule has 1 saturated heterocycles. The highest BCUT2D eigenvalue weighted by Gasteiger charge is 2.35. The molecule has 8 nitrogen and oxygen atoms in total. The molecule has 0 saturated carbocycles. The summed E-state index contributed by atoms with van der Waals surface area (Å²) in [6.45, 7) is 6.90. The number of amidine groups is 1. The van der Waals surface area contributed by atoms with Crippen molar-refractivity contribution in [3.63, 3.8) is 0 Å². The van der Waals surface area contributed by atoms with Crippen molar-refractivity contribution in [1.29, 1.82) is 0 Å². The van der Waals surface area contributed by atoms with E-state index in [9.17, 15) is 18.0 Å². The number of aromatic nitrogens is 3. The van der Waals surface area contributed by atoms with Crippen molar-refractivity contribution < 1.29 is 22.7 Å². The van der Waals surface area contributed by atoms with Crippen LogP contribution in [0.3, 0.4) is 0 Å². The molecule has 1 aliphatic heterocycles. The maximum absolute atomic E-state index is 12.9. The molecular formula is C33H31F3N6O2. The number of halogens is 3. The van der Waals surface area contributed by atoms with Crippen LogP contribution in [-0.2, 0) is 6.42 Å². The molecule has 1 aromatic heterocycles. The minimum Gasteiger partial charge on any atom is -0.406 e. The molecule has 0 bridgehead atoms. The standard InChI is InChI=1S/C33H31F3N6O2/c1-19-4-13-27-20(2)15-24-17-37-31(29(24)28(27)14-19)40-32(43)39-21(3)16-22-5-7-23(8-6-22)30-38-18-42(41-30)25-9-11-26(12-10-25)44-33(34,35)36/h4-15,18,20-21,29H,16-17H2,1-3H3,(H2,37,39,40,43). The van der Waals surface area contributed by atoms with E-state index in [2.05, 4.69) is 68.6 Å². The number of aryl methyl sites for hydroxylation is 1. The topological polar surface area (TPSA) is 93.4 Å². The second kappa shape index (κ2) is 11.6. The fraction of sp³-hybridized carbons (Fsp3) is 0.273. The summed E-state index contributed by atoms with van der Waals surface area (Å²) >= 11 is 0. The summed E-state index contributed by atoms with van der Waals surface area (Å²) in [4.78, 5) is 21.7. The van der Waals surface area contributed by atoms with Gasteiger partial charge in [0.2, 0.25) is 0 Å². The molecule has 3 atom stereocenters. The Kier molecular flexibility index (Phi) is 7.71. The highest BCUT2D eigenvalue weighted by Crippen LogP contribution is 2.41. The van der Waals surface area contributed by atoms with E-state index in [0.29, 0.717) is 36.2 Å². The van der Waals surface area contributed by atoms with Crippen molar-refractivity contribution in [1.82, 2.24) is 25.4 Å². The molecule has 11 heteroatoms. The summed E-state index contributed by atoms with van der Waals surface area (Å²) in [6, 6.07) is 19.0. The van der Waals surface area contributed by atoms with Crippen LogP contribution in [-0.4, -0.2) is 45.6 Å². The number of urea groups is 1. The lowest BCUT2D eigenvalue weighted by Gasteiger charge is -2.26. The normalized spacial score (nSPS) is 19.0. The Hall–Kier alpha value is -4.93. The lowest BCUT2D eigenvalue weighted by atomic mass is 9.78. The molecule has 3 unspecified atom stereocenters. The first kappa shape index (κ1) is 29.2. The predicted octanol–water partition coefficient (Wildman–Crippen LogP) is 6.61. The number of carbonyl (C=O) groups excluding carboxylic acids is 1. The number of nitrogens with zero attached hydrogens (tertiary/aromatic N) is 4. The Labute approximate surface area is 252 Å². The number of benzene rings is 3. The minimum atomic E-state index is -4.75. The number of allylic oxidation sites excluding steroid dienone is 1. The first-order valence-electron chi connectivity index (χ1n) is 14.3. The van der Waals surface area contributed by atoms with Crippen LogP contribution in [0, 0.1) is 6.92 Å². The second-order valence-electron chi connectivity index (χ2n) is 11.3. The monoisotopic (exact) mass is 600 g/mol. The average Bonchev–Trinajstić information content (AvgIpc) is 3.61. The van der Waals surface area contributed by atoms with Gasteiger partial charge in [0.1, 0.15) is 17.9 Å². The van der Waals surface area contributed by atoms with E-state index in [-0.39, 0.29) is 23.7 Å². The summed E-state index contributed by atoms with van der Waals surface area (Å²) in [5.74, 6) is 1.15. The number of rotatable bonds is 6. The van der Waals surface area contributed by atoms with Gasteiger partial charge in [0.05, 0.1) is 11.6 Å². The first-order valence-corrected chi connectivity index (χ1v) is 14.3. The summed E-state index contributed by atoms with van der Waals surface area (Å²) in [5.41, 5.74) is 7.26. The van der Waals surface area contributed by atoms with Gasteiger partial charge >= 0.3 is 12.4 Å². The molecule has 2 amide bonds. The van der Waals surface area contributed by atoms with Gasteiger partial charge in [-0.2, -0.15) is 4.99 Å². The molecule has 3 aromatic carbocycles. The molecule has 0 spiro atoms. The van der Waals surface area contributed by atoms with E-state index in [1.54, 1.807) is 0 Å². The van der Waals surface area contributed by atoms with Crippen LogP contribution in [0.25, 0.3) is 17.1 Å². The fourth-order valence-electron chi connectivity index (χ4n) is 5.82. The third-order valence-corrected chi connectivity index (χ3v) is 7.80. The Balaban J connectivity index is 1.07. The van der Waals surface area contributed by atoms with Crippen molar-refractivity contribution >= 4 is 11.9 Å². The van der Waals surface area contributed by atoms with Crippen molar-refractivity contribution in [2.75, 3.05) is 6.54 Å². The predicted molar refractivity (Wildman–Crippen MR) is 161 cm³/mol. The number of carbonyl (C=O) groups is 1. The lowest BCUT2D eigenvalue weighted by molar-refractivity contribution is -0.274. The number of alkyl halides is 3. The van der Waals surface area contributed by atoms with Crippen LogP contribution in [0.15, 0.2) is 89.7 Å². The Morgan fingerprint density at radius 2 is 1.86 bits per heavy atom. The van der Waals surface area contributed by atoms with Crippen molar-refractivity contribution in [2.24, 2.45) is 4.99 Å². The van der Waals surface area contributed by atoms with Gasteiger partial charge in [0.25, 0.3) is 0 Å². The smallest absolute Gasteiger partial charge is 0.406 e. The van der Waals surface area contributed by atoms with E-state index in [1.165, 1.54) is 57.5 Å². The highest BCUT2D eigenvalue weighted by atomic mass is 19.4. The molecule has 226 valence electrons. The summed E-state index contributed by atoms with van der Waals surface area (Å²) in [5, 5.41) is 10.8. The Bertz CT molecular complexity index is 1740. The van der Waals surface area contributed by atoms with Gasteiger partial charge in [-0.25, -0.2) is 14.5 Å². The van der Waals surface area contributed by atoms with E-state index < -0.39 is 6.36 Å². The Morgan fingerprint density at radius 3 is 2.59 bits per heavy atom. The average molecular weight is 601 g/mol. The third kappa shape index (κ3) is 6.36. The zero-order valence-corrected chi connectivity index (χ0v) is 24.4. The summed E-state index contributed by atoms with van der Waals surface area (Å²) < 4.78 is 42.6. The van der Waals surface area contributed by atoms with E-state index in [0.717, 1.165) is 11.1 Å². The minimum absolute atomic E-state index is 0.0189. The third-order valence-electron chi connectivity index (χ3n) is 7.80. The quantitative estimate of drug-likeness (QED) is 0.243. The highest BCUT2D eigenvalue weighted by molar-refractivity contribution is 6.02. The first-order chi connectivity index (χ1) is 21.0. The van der Waals surface area contributed by atoms with E-state index >= 15 is 0 Å². The maximum Gasteiger partial charge on any atom is 0.573 e. The molecule has 6 rings (SSSR count). The lowest BCUT2D eigenvalue weighted by Crippen LogP contribution is -2.34. The van der Waals surface area contributed by atoms with Gasteiger partial charge < -0.3 is 15.4 Å². The van der Waals surface area contributed by atoms with E-state index in [4.69, 9.17) is 0 Å². The van der Waals surface area contributed by atoms with Crippen LogP contribution in [0.4, 0.5) is 18.0 Å². The van der Waals surface area contributed by atoms with Gasteiger partial charge in [0, 0.05) is 18.2 Å². The fourth-order valence-corrected chi connectivity index (χ4v) is 5.82. The van der Waals surface area contributed by atoms with E-state index in [1.807, 2.05) is 31.2 Å². The number of fused-ring (bicyclic) bond motifs is 3. The van der Waals surface area contributed by atoms with Gasteiger partial charge in [-0.3, -0.25) is 0 Å². The molecule has 0 radical (unpaired) electrons. The molecular weight excluding hydrogens is 569 g/mol. The molecule has 1 aliphatic carbocycles. The molecule has 4 aromatic rings. The molecule has 44 heavy (non-hydrogen) atoms. The van der Waals surface area contributed by atoms with Crippen LogP contribution in [0.1, 0.15) is 47.9 Å². The molecule has 1 fully saturated rings. The number of ether oxygens (including phenoxy) is 1. The molecule has 2 heterocycles. The maximum atomic E-state index is 12.9. The van der Waals surface area contributed by atoms with Crippen LogP contribution in [0.2, 0.25) is 0 Å². The number of amides is 2. The molecule has 2 N–H and O–H groups in total. The second-order valence-corrected chi connectivity index (χ2v) is 11.3. The molecule has 2 aliphatic rings. The number of aliphatic imine (C=N–C) groups is 1. The number of hydrogen-bond donors (Lipinski definition) is 2. The zero-order chi connectivity index (χ0) is 31.0. The van der Waals surface area contributed by atoms with Crippen LogP contribution < -0.4 is 15.4 Å². The van der Waals surface area contributed by atoms with Crippen LogP contribution in [0.5, 0.6) is 5.75 Å². The summed E-state index contributed by atoms with van der Waals surface area (Å²) in [7, 11) is 0. The number of nitrogens with one attached hydrogen (secondary N) is 2. The van der Waals surface area contributed by atoms with Gasteiger partial charge in [-0.05, 0) is 72.7 Å². The zero-order valence-electron chi connectivity index (χ0n) is 24.4. The van der Waals surface area contributed by atoms with Gasteiger partial charge in [0.15, 0.2) is 5.82 Å². The van der Waals surface area contributed by atoms with Gasteiger partial charge in [-0.1, -0.05) is 61.0 Å². The Morgan fingerprint density at radius 1 is 1.11 bits per heavy atom. The summed E-state index contributed by atoms with van der Waals surface area (Å²) in [6.07, 6.45) is -0.377. The van der Waals surface area contributed by atoms with Crippen molar-refractivity contribution in [3.05, 3.63) is 107 Å². The largest absolute Gasteiger partial charge is 0.573 e. The van der Waals surface area contributed by atoms with Gasteiger partial charge in [-0.15, -0.1) is 18.3 Å². The van der Waals surface area contributed by atoms with Crippen molar-refractivity contribution in [2.45, 2.75) is 51.4 Å². The number of hydrogen-bond acceptors (Lipinski definition) is 4. The van der Waals surface area contributed by atoms with Crippen LogP contribution >= 0.6 is 0 Å². The SMILES string of the molecule is Cc1ccc2c(c1)C1C(=CC2C)CN/C1=N\C(=O)NC(C)Cc1ccc(-c2ncn(-c3ccc(OC(F)(F)F)cc3)n2)cc1.